The van der Waals surface area contributed by atoms with E-state index in [0.717, 1.165) is 16.9 Å². The number of benzene rings is 2. The molecule has 2 aromatic rings. The molecule has 0 fully saturated rings. The van der Waals surface area contributed by atoms with Crippen LogP contribution >= 0.6 is 0 Å². The lowest BCUT2D eigenvalue weighted by Gasteiger charge is -2.19. The Bertz CT molecular complexity index is 771. The molecule has 4 nitrogen and oxygen atoms in total. The van der Waals surface area contributed by atoms with Gasteiger partial charge in [0.05, 0.1) is 6.42 Å². The topological polar surface area (TPSA) is 58.2 Å². The highest BCUT2D eigenvalue weighted by molar-refractivity contribution is 6.06. The molecule has 4 heteroatoms. The van der Waals surface area contributed by atoms with Crippen molar-refractivity contribution in [1.29, 1.82) is 0 Å². The second-order valence-corrected chi connectivity index (χ2v) is 6.88. The summed E-state index contributed by atoms with van der Waals surface area (Å²) in [5.41, 5.74) is 4.28. The molecule has 0 bridgehead atoms. The molecule has 1 heterocycles. The number of hydrogen-bond donors (Lipinski definition) is 2. The summed E-state index contributed by atoms with van der Waals surface area (Å²) in [6.45, 7) is 6.46. The van der Waals surface area contributed by atoms with Gasteiger partial charge in [-0.1, -0.05) is 32.9 Å². The minimum atomic E-state index is -0.171. The minimum Gasteiger partial charge on any atom is -0.326 e. The van der Waals surface area contributed by atoms with Gasteiger partial charge in [-0.15, -0.1) is 0 Å². The van der Waals surface area contributed by atoms with Crippen molar-refractivity contribution in [3.05, 3.63) is 59.2 Å². The Labute approximate surface area is 135 Å². The van der Waals surface area contributed by atoms with Gasteiger partial charge in [-0.3, -0.25) is 9.59 Å². The van der Waals surface area contributed by atoms with Crippen LogP contribution in [-0.4, -0.2) is 11.8 Å². The quantitative estimate of drug-likeness (QED) is 0.888. The van der Waals surface area contributed by atoms with Gasteiger partial charge >= 0.3 is 0 Å². The van der Waals surface area contributed by atoms with Crippen LogP contribution in [0.3, 0.4) is 0 Å². The first-order valence-electron chi connectivity index (χ1n) is 7.67. The maximum absolute atomic E-state index is 12.4. The Morgan fingerprint density at radius 3 is 2.43 bits per heavy atom. The molecule has 0 unspecified atom stereocenters. The van der Waals surface area contributed by atoms with E-state index in [1.54, 1.807) is 18.2 Å². The van der Waals surface area contributed by atoms with E-state index < -0.39 is 0 Å². The fraction of sp³-hybridized carbons (Fsp3) is 0.263. The second-order valence-electron chi connectivity index (χ2n) is 6.88. The number of rotatable bonds is 2. The van der Waals surface area contributed by atoms with Gasteiger partial charge in [0.25, 0.3) is 5.91 Å². The van der Waals surface area contributed by atoms with E-state index in [2.05, 4.69) is 31.4 Å². The summed E-state index contributed by atoms with van der Waals surface area (Å²) in [6.07, 6.45) is 0.330. The molecule has 118 valence electrons. The largest absolute Gasteiger partial charge is 0.326 e. The predicted molar refractivity (Wildman–Crippen MR) is 91.9 cm³/mol. The van der Waals surface area contributed by atoms with Gasteiger partial charge in [0.15, 0.2) is 0 Å². The van der Waals surface area contributed by atoms with E-state index in [9.17, 15) is 9.59 Å². The lowest BCUT2D eigenvalue weighted by atomic mass is 9.87. The van der Waals surface area contributed by atoms with Gasteiger partial charge in [0.1, 0.15) is 0 Å². The fourth-order valence-corrected chi connectivity index (χ4v) is 2.63. The van der Waals surface area contributed by atoms with Crippen molar-refractivity contribution >= 4 is 23.2 Å². The average molecular weight is 308 g/mol. The van der Waals surface area contributed by atoms with E-state index in [4.69, 9.17) is 0 Å². The number of anilines is 2. The molecule has 23 heavy (non-hydrogen) atoms. The fourth-order valence-electron chi connectivity index (χ4n) is 2.63. The third-order valence-corrected chi connectivity index (χ3v) is 4.00. The summed E-state index contributed by atoms with van der Waals surface area (Å²) in [7, 11) is 0. The van der Waals surface area contributed by atoms with E-state index in [0.29, 0.717) is 12.0 Å². The van der Waals surface area contributed by atoms with Crippen molar-refractivity contribution < 1.29 is 9.59 Å². The molecule has 0 saturated heterocycles. The molecular weight excluding hydrogens is 288 g/mol. The van der Waals surface area contributed by atoms with Gasteiger partial charge < -0.3 is 10.6 Å². The van der Waals surface area contributed by atoms with E-state index in [-0.39, 0.29) is 17.2 Å². The summed E-state index contributed by atoms with van der Waals surface area (Å²) in [5, 5.41) is 5.66. The number of fused-ring (bicyclic) bond motifs is 1. The van der Waals surface area contributed by atoms with Crippen molar-refractivity contribution in [2.45, 2.75) is 32.6 Å². The molecule has 0 aliphatic carbocycles. The molecule has 2 amide bonds. The first-order valence-corrected chi connectivity index (χ1v) is 7.67. The first kappa shape index (κ1) is 15.3. The van der Waals surface area contributed by atoms with Crippen LogP contribution in [0.5, 0.6) is 0 Å². The summed E-state index contributed by atoms with van der Waals surface area (Å²) in [5.74, 6) is -0.203. The number of carbonyl (C=O) groups excluding carboxylic acids is 2. The van der Waals surface area contributed by atoms with Crippen molar-refractivity contribution in [3.8, 4) is 0 Å². The minimum absolute atomic E-state index is 0.0321. The smallest absolute Gasteiger partial charge is 0.255 e. The molecule has 0 spiro atoms. The van der Waals surface area contributed by atoms with Gasteiger partial charge in [-0.2, -0.15) is 0 Å². The SMILES string of the molecule is CC(C)(C)c1ccc(NC(=O)c2ccc3c(c2)CC(=O)N3)cc1. The summed E-state index contributed by atoms with van der Waals surface area (Å²) in [6, 6.07) is 13.2. The van der Waals surface area contributed by atoms with Crippen LogP contribution in [0.1, 0.15) is 42.3 Å². The Hall–Kier alpha value is -2.62. The van der Waals surface area contributed by atoms with E-state index >= 15 is 0 Å². The van der Waals surface area contributed by atoms with Gasteiger partial charge in [-0.05, 0) is 46.9 Å². The molecule has 0 radical (unpaired) electrons. The van der Waals surface area contributed by atoms with E-state index in [1.165, 1.54) is 5.56 Å². The first-order chi connectivity index (χ1) is 10.8. The Morgan fingerprint density at radius 2 is 1.78 bits per heavy atom. The summed E-state index contributed by atoms with van der Waals surface area (Å²) < 4.78 is 0. The molecule has 0 saturated carbocycles. The third kappa shape index (κ3) is 3.26. The monoisotopic (exact) mass is 308 g/mol. The molecule has 1 aliphatic rings. The van der Waals surface area contributed by atoms with Crippen LogP contribution < -0.4 is 10.6 Å². The third-order valence-electron chi connectivity index (χ3n) is 4.00. The van der Waals surface area contributed by atoms with Gasteiger partial charge in [-0.25, -0.2) is 0 Å². The molecule has 2 N–H and O–H groups in total. The zero-order valence-corrected chi connectivity index (χ0v) is 13.6. The van der Waals surface area contributed by atoms with Gasteiger partial charge in [0, 0.05) is 16.9 Å². The molecular formula is C19H20N2O2. The zero-order chi connectivity index (χ0) is 16.6. The van der Waals surface area contributed by atoms with Crippen LogP contribution in [0.15, 0.2) is 42.5 Å². The van der Waals surface area contributed by atoms with E-state index in [1.807, 2.05) is 24.3 Å². The normalized spacial score (nSPS) is 13.4. The highest BCUT2D eigenvalue weighted by Crippen LogP contribution is 2.25. The van der Waals surface area contributed by atoms with Crippen molar-refractivity contribution in [2.75, 3.05) is 10.6 Å². The lowest BCUT2D eigenvalue weighted by molar-refractivity contribution is -0.115. The van der Waals surface area contributed by atoms with Crippen LogP contribution in [0.25, 0.3) is 0 Å². The Kier molecular flexibility index (Phi) is 3.68. The van der Waals surface area contributed by atoms with Crippen molar-refractivity contribution in [1.82, 2.24) is 0 Å². The standard InChI is InChI=1S/C19H20N2O2/c1-19(2,3)14-5-7-15(8-6-14)20-18(23)12-4-9-16-13(10-12)11-17(22)21-16/h4-10H,11H2,1-3H3,(H,20,23)(H,21,22). The molecule has 0 aromatic heterocycles. The zero-order valence-electron chi connectivity index (χ0n) is 13.6. The van der Waals surface area contributed by atoms with Crippen molar-refractivity contribution in [2.24, 2.45) is 0 Å². The highest BCUT2D eigenvalue weighted by Gasteiger charge is 2.19. The van der Waals surface area contributed by atoms with Crippen molar-refractivity contribution in [3.63, 3.8) is 0 Å². The average Bonchev–Trinajstić information content (AvgIpc) is 2.85. The number of carbonyl (C=O) groups is 2. The molecule has 1 aliphatic heterocycles. The Morgan fingerprint density at radius 1 is 1.09 bits per heavy atom. The molecule has 3 rings (SSSR count). The maximum atomic E-state index is 12.4. The lowest BCUT2D eigenvalue weighted by Crippen LogP contribution is -2.13. The number of nitrogens with one attached hydrogen (secondary N) is 2. The van der Waals surface area contributed by atoms with Crippen LogP contribution in [0, 0.1) is 0 Å². The van der Waals surface area contributed by atoms with Crippen LogP contribution in [0.4, 0.5) is 11.4 Å². The summed E-state index contributed by atoms with van der Waals surface area (Å²) >= 11 is 0. The Balaban J connectivity index is 1.75. The van der Waals surface area contributed by atoms with Crippen LogP contribution in [0.2, 0.25) is 0 Å². The number of hydrogen-bond acceptors (Lipinski definition) is 2. The maximum Gasteiger partial charge on any atom is 0.255 e. The van der Waals surface area contributed by atoms with Gasteiger partial charge in [0.2, 0.25) is 5.91 Å². The molecule has 2 aromatic carbocycles. The summed E-state index contributed by atoms with van der Waals surface area (Å²) in [4.78, 5) is 23.7. The number of amides is 2. The molecule has 0 atom stereocenters. The van der Waals surface area contributed by atoms with Crippen LogP contribution in [-0.2, 0) is 16.6 Å². The second kappa shape index (κ2) is 5.54. The highest BCUT2D eigenvalue weighted by atomic mass is 16.2. The predicted octanol–water partition coefficient (Wildman–Crippen LogP) is 3.73.